The van der Waals surface area contributed by atoms with Gasteiger partial charge in [-0.25, -0.2) is 0 Å². The summed E-state index contributed by atoms with van der Waals surface area (Å²) in [5, 5.41) is 17.5. The number of carbonyl (C=O) groups is 1. The predicted molar refractivity (Wildman–Crippen MR) is 74.0 cm³/mol. The number of anilines is 1. The first-order valence-electron chi connectivity index (χ1n) is 5.80. The number of nitrogens with zero attached hydrogens (tertiary/aromatic N) is 3. The highest BCUT2D eigenvalue weighted by Gasteiger charge is 2.20. The number of halogens is 1. The van der Waals surface area contributed by atoms with Gasteiger partial charge in [0.1, 0.15) is 11.4 Å². The van der Waals surface area contributed by atoms with Gasteiger partial charge in [-0.05, 0) is 13.0 Å². The van der Waals surface area contributed by atoms with Gasteiger partial charge in [0, 0.05) is 12.6 Å². The fraction of sp³-hybridized carbons (Fsp3) is 0.167. The van der Waals surface area contributed by atoms with Gasteiger partial charge in [-0.1, -0.05) is 23.7 Å². The number of nitro groups is 1. The number of carbonyl (C=O) groups excluding carboxylic acids is 1. The maximum Gasteiger partial charge on any atom is 0.292 e. The molecule has 0 saturated heterocycles. The van der Waals surface area contributed by atoms with E-state index >= 15 is 0 Å². The van der Waals surface area contributed by atoms with Crippen molar-refractivity contribution in [3.05, 3.63) is 51.3 Å². The smallest absolute Gasteiger partial charge is 0.292 e. The number of para-hydroxylation sites is 2. The van der Waals surface area contributed by atoms with Gasteiger partial charge in [0.2, 0.25) is 0 Å². The minimum Gasteiger partial charge on any atom is -0.315 e. The normalized spacial score (nSPS) is 10.3. The quantitative estimate of drug-likeness (QED) is 0.693. The molecular weight excluding hydrogens is 284 g/mol. The minimum atomic E-state index is -0.561. The lowest BCUT2D eigenvalue weighted by molar-refractivity contribution is -0.383. The highest BCUT2D eigenvalue weighted by Crippen LogP contribution is 2.25. The summed E-state index contributed by atoms with van der Waals surface area (Å²) < 4.78 is 1.42. The van der Waals surface area contributed by atoms with E-state index in [9.17, 15) is 14.9 Å². The van der Waals surface area contributed by atoms with E-state index in [-0.39, 0.29) is 22.1 Å². The van der Waals surface area contributed by atoms with Crippen molar-refractivity contribution in [2.45, 2.75) is 13.5 Å². The maximum atomic E-state index is 12.2. The largest absolute Gasteiger partial charge is 0.315 e. The maximum absolute atomic E-state index is 12.2. The molecule has 2 rings (SSSR count). The molecule has 7 nitrogen and oxygen atoms in total. The van der Waals surface area contributed by atoms with Gasteiger partial charge in [-0.15, -0.1) is 0 Å². The molecule has 0 spiro atoms. The van der Waals surface area contributed by atoms with Gasteiger partial charge in [0.05, 0.1) is 16.1 Å². The van der Waals surface area contributed by atoms with Gasteiger partial charge in [-0.3, -0.25) is 19.6 Å². The van der Waals surface area contributed by atoms with Crippen LogP contribution in [-0.4, -0.2) is 20.6 Å². The van der Waals surface area contributed by atoms with E-state index in [1.54, 1.807) is 6.07 Å². The summed E-state index contributed by atoms with van der Waals surface area (Å²) in [5.74, 6) is -0.538. The Hall–Kier alpha value is -2.41. The first-order chi connectivity index (χ1) is 9.54. The second kappa shape index (κ2) is 5.70. The molecule has 0 aliphatic carbocycles. The number of hydrogen-bond donors (Lipinski definition) is 1. The van der Waals surface area contributed by atoms with E-state index in [1.807, 2.05) is 6.92 Å². The highest BCUT2D eigenvalue weighted by atomic mass is 35.5. The molecule has 0 bridgehead atoms. The molecule has 0 unspecified atom stereocenters. The number of aromatic nitrogens is 2. The first kappa shape index (κ1) is 14.0. The molecule has 8 heteroatoms. The Bertz CT molecular complexity index is 668. The zero-order valence-electron chi connectivity index (χ0n) is 10.5. The topological polar surface area (TPSA) is 90.1 Å². The van der Waals surface area contributed by atoms with Gasteiger partial charge >= 0.3 is 0 Å². The second-order valence-corrected chi connectivity index (χ2v) is 4.29. The molecule has 1 N–H and O–H groups in total. The highest BCUT2D eigenvalue weighted by molar-refractivity contribution is 6.34. The number of nitro benzene ring substituents is 1. The molecule has 0 radical (unpaired) electrons. The fourth-order valence-corrected chi connectivity index (χ4v) is 1.98. The van der Waals surface area contributed by atoms with Crippen molar-refractivity contribution in [1.82, 2.24) is 9.78 Å². The van der Waals surface area contributed by atoms with E-state index in [0.29, 0.717) is 6.54 Å². The van der Waals surface area contributed by atoms with Crippen LogP contribution in [0, 0.1) is 10.1 Å². The van der Waals surface area contributed by atoms with Crippen molar-refractivity contribution < 1.29 is 9.72 Å². The summed E-state index contributed by atoms with van der Waals surface area (Å²) in [6.45, 7) is 2.28. The van der Waals surface area contributed by atoms with Crippen molar-refractivity contribution in [1.29, 1.82) is 0 Å². The van der Waals surface area contributed by atoms with Crippen LogP contribution in [-0.2, 0) is 6.54 Å². The molecule has 1 aromatic heterocycles. The molecule has 0 saturated carbocycles. The zero-order valence-corrected chi connectivity index (χ0v) is 11.3. The number of nitrogens with one attached hydrogen (secondary N) is 1. The predicted octanol–water partition coefficient (Wildman–Crippen LogP) is 2.72. The van der Waals surface area contributed by atoms with Crippen molar-refractivity contribution >= 4 is 28.9 Å². The van der Waals surface area contributed by atoms with Gasteiger partial charge in [0.15, 0.2) is 0 Å². The van der Waals surface area contributed by atoms with Crippen LogP contribution < -0.4 is 5.32 Å². The third-order valence-corrected chi connectivity index (χ3v) is 2.93. The average Bonchev–Trinajstić information content (AvgIpc) is 2.80. The van der Waals surface area contributed by atoms with E-state index in [1.165, 1.54) is 29.1 Å². The lowest BCUT2D eigenvalue weighted by Crippen LogP contribution is -2.18. The lowest BCUT2D eigenvalue weighted by atomic mass is 10.2. The Balaban J connectivity index is 2.33. The van der Waals surface area contributed by atoms with E-state index in [0.717, 1.165) is 0 Å². The Labute approximate surface area is 119 Å². The Morgan fingerprint density at radius 1 is 1.50 bits per heavy atom. The van der Waals surface area contributed by atoms with Crippen LogP contribution in [0.15, 0.2) is 30.5 Å². The number of aryl methyl sites for hydroxylation is 1. The van der Waals surface area contributed by atoms with Gasteiger partial charge < -0.3 is 5.32 Å². The molecule has 0 aliphatic heterocycles. The molecule has 1 amide bonds. The molecular formula is C12H11ClN4O3. The van der Waals surface area contributed by atoms with Crippen LogP contribution >= 0.6 is 11.6 Å². The van der Waals surface area contributed by atoms with E-state index < -0.39 is 10.8 Å². The monoisotopic (exact) mass is 294 g/mol. The standard InChI is InChI=1S/C12H11ClN4O3/c1-2-16-11(8(13)7-14-16)12(18)15-9-5-3-4-6-10(9)17(19)20/h3-7H,2H2,1H3,(H,15,18). The molecule has 1 aromatic carbocycles. The summed E-state index contributed by atoms with van der Waals surface area (Å²) in [4.78, 5) is 22.5. The number of benzene rings is 1. The SMILES string of the molecule is CCn1ncc(Cl)c1C(=O)Nc1ccccc1[N+](=O)[O-]. The van der Waals surface area contributed by atoms with E-state index in [2.05, 4.69) is 10.4 Å². The third kappa shape index (κ3) is 2.62. The van der Waals surface area contributed by atoms with Gasteiger partial charge in [0.25, 0.3) is 11.6 Å². The van der Waals surface area contributed by atoms with Crippen molar-refractivity contribution in [2.75, 3.05) is 5.32 Å². The second-order valence-electron chi connectivity index (χ2n) is 3.89. The summed E-state index contributed by atoms with van der Waals surface area (Å²) in [5.41, 5.74) is 0.106. The van der Waals surface area contributed by atoms with Crippen molar-refractivity contribution in [3.63, 3.8) is 0 Å². The molecule has 104 valence electrons. The van der Waals surface area contributed by atoms with Crippen LogP contribution in [0.2, 0.25) is 5.02 Å². The number of hydrogen-bond acceptors (Lipinski definition) is 4. The Morgan fingerprint density at radius 2 is 2.20 bits per heavy atom. The summed E-state index contributed by atoms with van der Waals surface area (Å²) >= 11 is 5.91. The van der Waals surface area contributed by atoms with Crippen LogP contribution in [0.1, 0.15) is 17.4 Å². The number of amides is 1. The molecule has 2 aromatic rings. The lowest BCUT2D eigenvalue weighted by Gasteiger charge is -2.07. The van der Waals surface area contributed by atoms with Crippen molar-refractivity contribution in [2.24, 2.45) is 0 Å². The van der Waals surface area contributed by atoms with Crippen LogP contribution in [0.5, 0.6) is 0 Å². The summed E-state index contributed by atoms with van der Waals surface area (Å²) in [6, 6.07) is 5.89. The first-order valence-corrected chi connectivity index (χ1v) is 6.18. The van der Waals surface area contributed by atoms with Crippen LogP contribution in [0.3, 0.4) is 0 Å². The fourth-order valence-electron chi connectivity index (χ4n) is 1.75. The molecule has 0 aliphatic rings. The Morgan fingerprint density at radius 3 is 2.85 bits per heavy atom. The molecule has 20 heavy (non-hydrogen) atoms. The zero-order chi connectivity index (χ0) is 14.7. The van der Waals surface area contributed by atoms with E-state index in [4.69, 9.17) is 11.6 Å². The summed E-state index contributed by atoms with van der Waals surface area (Å²) in [6.07, 6.45) is 1.36. The average molecular weight is 295 g/mol. The third-order valence-electron chi connectivity index (χ3n) is 2.66. The van der Waals surface area contributed by atoms with Crippen LogP contribution in [0.4, 0.5) is 11.4 Å². The number of rotatable bonds is 4. The van der Waals surface area contributed by atoms with Gasteiger partial charge in [-0.2, -0.15) is 5.10 Å². The minimum absolute atomic E-state index is 0.113. The van der Waals surface area contributed by atoms with Crippen molar-refractivity contribution in [3.8, 4) is 0 Å². The Kier molecular flexibility index (Phi) is 3.99. The molecule has 0 fully saturated rings. The van der Waals surface area contributed by atoms with Crippen LogP contribution in [0.25, 0.3) is 0 Å². The molecule has 1 heterocycles. The molecule has 0 atom stereocenters. The summed E-state index contributed by atoms with van der Waals surface area (Å²) in [7, 11) is 0.